The molecule has 0 aromatic heterocycles. The lowest BCUT2D eigenvalue weighted by atomic mass is 9.82. The van der Waals surface area contributed by atoms with E-state index in [4.69, 9.17) is 0 Å². The van der Waals surface area contributed by atoms with Gasteiger partial charge in [0.15, 0.2) is 0 Å². The van der Waals surface area contributed by atoms with Gasteiger partial charge in [0.2, 0.25) is 11.8 Å². The molecule has 0 spiro atoms. The Morgan fingerprint density at radius 3 is 2.45 bits per heavy atom. The minimum absolute atomic E-state index is 0.115. The molecule has 1 unspecified atom stereocenters. The van der Waals surface area contributed by atoms with E-state index < -0.39 is 6.04 Å². The maximum Gasteiger partial charge on any atom is 0.255 e. The van der Waals surface area contributed by atoms with Crippen LogP contribution in [0.1, 0.15) is 65.6 Å². The fourth-order valence-electron chi connectivity index (χ4n) is 5.52. The Balaban J connectivity index is 1.13. The molecule has 2 aliphatic heterocycles. The van der Waals surface area contributed by atoms with Gasteiger partial charge in [-0.25, -0.2) is 0 Å². The van der Waals surface area contributed by atoms with E-state index in [2.05, 4.69) is 47.0 Å². The van der Waals surface area contributed by atoms with Crippen molar-refractivity contribution in [2.24, 2.45) is 5.92 Å². The minimum Gasteiger partial charge on any atom is -0.322 e. The molecule has 3 amide bonds. The molecule has 6 heteroatoms. The quantitative estimate of drug-likeness (QED) is 0.669. The van der Waals surface area contributed by atoms with Crippen LogP contribution in [0.2, 0.25) is 0 Å². The third kappa shape index (κ3) is 4.86. The number of hydrogen-bond donors (Lipinski definition) is 2. The van der Waals surface area contributed by atoms with Crippen molar-refractivity contribution in [2.45, 2.75) is 70.1 Å². The maximum atomic E-state index is 12.8. The third-order valence-electron chi connectivity index (χ3n) is 7.40. The van der Waals surface area contributed by atoms with E-state index >= 15 is 0 Å². The van der Waals surface area contributed by atoms with Gasteiger partial charge in [-0.2, -0.15) is 0 Å². The van der Waals surface area contributed by atoms with E-state index in [0.717, 1.165) is 23.6 Å². The lowest BCUT2D eigenvalue weighted by Gasteiger charge is -2.29. The number of benzene rings is 2. The number of nitrogens with one attached hydrogen (secondary N) is 2. The maximum absolute atomic E-state index is 12.8. The van der Waals surface area contributed by atoms with Gasteiger partial charge in [0, 0.05) is 31.1 Å². The van der Waals surface area contributed by atoms with E-state index in [9.17, 15) is 14.4 Å². The van der Waals surface area contributed by atoms with Crippen LogP contribution >= 0.6 is 0 Å². The Bertz CT molecular complexity index is 1040. The van der Waals surface area contributed by atoms with Crippen LogP contribution in [-0.2, 0) is 29.1 Å². The summed E-state index contributed by atoms with van der Waals surface area (Å²) in [6.45, 7) is 1.22. The molecule has 5 rings (SSSR count). The SMILES string of the molecule is O=C1CCC(N2Cc3cc(CNC4CCC(Cc5ccccc5)CC4)ccc3C2=O)C(=O)N1. The number of rotatable bonds is 6. The van der Waals surface area contributed by atoms with E-state index in [-0.39, 0.29) is 24.1 Å². The van der Waals surface area contributed by atoms with Crippen LogP contribution < -0.4 is 10.6 Å². The summed E-state index contributed by atoms with van der Waals surface area (Å²) in [5.41, 5.74) is 4.24. The second-order valence-electron chi connectivity index (χ2n) is 9.68. The summed E-state index contributed by atoms with van der Waals surface area (Å²) in [6, 6.07) is 16.7. The van der Waals surface area contributed by atoms with Gasteiger partial charge in [0.25, 0.3) is 5.91 Å². The molecule has 1 saturated heterocycles. The third-order valence-corrected chi connectivity index (χ3v) is 7.40. The van der Waals surface area contributed by atoms with Gasteiger partial charge < -0.3 is 10.2 Å². The first-order chi connectivity index (χ1) is 16.1. The molecule has 0 radical (unpaired) electrons. The van der Waals surface area contributed by atoms with Crippen molar-refractivity contribution in [1.82, 2.24) is 15.5 Å². The second-order valence-corrected chi connectivity index (χ2v) is 9.68. The lowest BCUT2D eigenvalue weighted by molar-refractivity contribution is -0.136. The highest BCUT2D eigenvalue weighted by Crippen LogP contribution is 2.30. The van der Waals surface area contributed by atoms with E-state index in [1.54, 1.807) is 4.90 Å². The normalized spacial score (nSPS) is 25.2. The Morgan fingerprint density at radius 1 is 0.909 bits per heavy atom. The largest absolute Gasteiger partial charge is 0.322 e. The van der Waals surface area contributed by atoms with Crippen molar-refractivity contribution in [2.75, 3.05) is 0 Å². The zero-order valence-electron chi connectivity index (χ0n) is 18.9. The highest BCUT2D eigenvalue weighted by Gasteiger charge is 2.39. The zero-order valence-corrected chi connectivity index (χ0v) is 18.9. The number of fused-ring (bicyclic) bond motifs is 1. The monoisotopic (exact) mass is 445 g/mol. The average molecular weight is 446 g/mol. The van der Waals surface area contributed by atoms with Crippen molar-refractivity contribution in [3.05, 3.63) is 70.8 Å². The Hall–Kier alpha value is -2.99. The summed E-state index contributed by atoms with van der Waals surface area (Å²) in [7, 11) is 0. The molecule has 2 N–H and O–H groups in total. The van der Waals surface area contributed by atoms with Gasteiger partial charge in [-0.1, -0.05) is 42.5 Å². The van der Waals surface area contributed by atoms with Crippen molar-refractivity contribution < 1.29 is 14.4 Å². The molecule has 2 aromatic carbocycles. The van der Waals surface area contributed by atoms with Crippen LogP contribution in [0.5, 0.6) is 0 Å². The molecule has 2 fully saturated rings. The highest BCUT2D eigenvalue weighted by molar-refractivity contribution is 6.05. The number of hydrogen-bond acceptors (Lipinski definition) is 4. The smallest absolute Gasteiger partial charge is 0.255 e. The fourth-order valence-corrected chi connectivity index (χ4v) is 5.52. The molecule has 1 saturated carbocycles. The molecule has 2 aromatic rings. The van der Waals surface area contributed by atoms with Crippen molar-refractivity contribution >= 4 is 17.7 Å². The Morgan fingerprint density at radius 2 is 1.70 bits per heavy atom. The summed E-state index contributed by atoms with van der Waals surface area (Å²) in [6.07, 6.45) is 6.76. The van der Waals surface area contributed by atoms with Gasteiger partial charge in [-0.05, 0) is 67.2 Å². The molecule has 0 bridgehead atoms. The summed E-state index contributed by atoms with van der Waals surface area (Å²) in [4.78, 5) is 38.1. The molecule has 33 heavy (non-hydrogen) atoms. The number of amides is 3. The number of nitrogens with zero attached hydrogens (tertiary/aromatic N) is 1. The minimum atomic E-state index is -0.560. The van der Waals surface area contributed by atoms with Crippen LogP contribution in [0.3, 0.4) is 0 Å². The van der Waals surface area contributed by atoms with Crippen LogP contribution in [-0.4, -0.2) is 34.7 Å². The summed E-state index contributed by atoms with van der Waals surface area (Å²) in [5.74, 6) is 0.0329. The molecular formula is C27H31N3O3. The van der Waals surface area contributed by atoms with Gasteiger partial charge in [-0.3, -0.25) is 19.7 Å². The van der Waals surface area contributed by atoms with Crippen LogP contribution in [0.25, 0.3) is 0 Å². The van der Waals surface area contributed by atoms with Gasteiger partial charge in [-0.15, -0.1) is 0 Å². The van der Waals surface area contributed by atoms with E-state index in [0.29, 0.717) is 24.6 Å². The fraction of sp³-hybridized carbons (Fsp3) is 0.444. The van der Waals surface area contributed by atoms with Crippen molar-refractivity contribution in [1.29, 1.82) is 0 Å². The molecular weight excluding hydrogens is 414 g/mol. The number of carbonyl (C=O) groups excluding carboxylic acids is 3. The van der Waals surface area contributed by atoms with Crippen LogP contribution in [0.4, 0.5) is 0 Å². The highest BCUT2D eigenvalue weighted by atomic mass is 16.2. The summed E-state index contributed by atoms with van der Waals surface area (Å²) in [5, 5.41) is 6.07. The first kappa shape index (κ1) is 21.8. The molecule has 1 atom stereocenters. The first-order valence-electron chi connectivity index (χ1n) is 12.1. The molecule has 1 aliphatic carbocycles. The molecule has 3 aliphatic rings. The molecule has 6 nitrogen and oxygen atoms in total. The Kier molecular flexibility index (Phi) is 6.27. The average Bonchev–Trinajstić information content (AvgIpc) is 3.15. The zero-order chi connectivity index (χ0) is 22.8. The van der Waals surface area contributed by atoms with Crippen LogP contribution in [0.15, 0.2) is 48.5 Å². The number of imide groups is 1. The Labute approximate surface area is 194 Å². The predicted octanol–water partition coefficient (Wildman–Crippen LogP) is 3.34. The van der Waals surface area contributed by atoms with Gasteiger partial charge >= 0.3 is 0 Å². The lowest BCUT2D eigenvalue weighted by Crippen LogP contribution is -2.52. The summed E-state index contributed by atoms with van der Waals surface area (Å²) < 4.78 is 0. The predicted molar refractivity (Wildman–Crippen MR) is 125 cm³/mol. The topological polar surface area (TPSA) is 78.5 Å². The molecule has 172 valence electrons. The first-order valence-corrected chi connectivity index (χ1v) is 12.1. The summed E-state index contributed by atoms with van der Waals surface area (Å²) >= 11 is 0. The van der Waals surface area contributed by atoms with E-state index in [1.807, 2.05) is 12.1 Å². The van der Waals surface area contributed by atoms with Gasteiger partial charge in [0.1, 0.15) is 6.04 Å². The standard InChI is InChI=1S/C27H31N3O3/c31-25-13-12-24(26(32)29-25)30-17-21-15-20(8-11-23(21)27(30)33)16-28-22-9-6-19(7-10-22)14-18-4-2-1-3-5-18/h1-5,8,11,15,19,22,24,28H,6-7,9-10,12-14,16-17H2,(H,29,31,32). The number of carbonyl (C=O) groups is 3. The van der Waals surface area contributed by atoms with E-state index in [1.165, 1.54) is 37.7 Å². The van der Waals surface area contributed by atoms with Crippen LogP contribution in [0, 0.1) is 5.92 Å². The number of piperidine rings is 1. The van der Waals surface area contributed by atoms with Gasteiger partial charge in [0.05, 0.1) is 0 Å². The van der Waals surface area contributed by atoms with Crippen molar-refractivity contribution in [3.63, 3.8) is 0 Å². The van der Waals surface area contributed by atoms with Crippen molar-refractivity contribution in [3.8, 4) is 0 Å². The second kappa shape index (κ2) is 9.48. The molecule has 2 heterocycles.